The molecule has 0 aliphatic carbocycles. The van der Waals surface area contributed by atoms with Gasteiger partial charge in [0, 0.05) is 24.9 Å². The van der Waals surface area contributed by atoms with Crippen molar-refractivity contribution in [1.29, 1.82) is 0 Å². The molecular formula is C28H51NO8Si. The Morgan fingerprint density at radius 2 is 1.47 bits per heavy atom. The standard InChI is InChI=1S/C28H51NO8Si/c1-18(2)38(19(3)4,20(5)15-30)35-17-24(26(33)37-28(10,11)12)29-14-22(16-34-21(6)31)13-23(29)25(32)36-27(7,8)9/h15,18-20,22-24H,13-14,16-17H2,1-12H3/t20-,22-,23?,24-/m1/s1. The zero-order valence-corrected chi connectivity index (χ0v) is 26.6. The fourth-order valence-electron chi connectivity index (χ4n) is 5.43. The van der Waals surface area contributed by atoms with Crippen molar-refractivity contribution in [3.8, 4) is 0 Å². The lowest BCUT2D eigenvalue weighted by Crippen LogP contribution is -2.56. The first kappa shape index (κ1) is 34.2. The van der Waals surface area contributed by atoms with Crippen LogP contribution in [0.1, 0.15) is 89.5 Å². The summed E-state index contributed by atoms with van der Waals surface area (Å²) >= 11 is 0. The number of carbonyl (C=O) groups excluding carboxylic acids is 4. The van der Waals surface area contributed by atoms with Crippen molar-refractivity contribution in [3.05, 3.63) is 0 Å². The van der Waals surface area contributed by atoms with Gasteiger partial charge in [0.2, 0.25) is 8.32 Å². The van der Waals surface area contributed by atoms with Gasteiger partial charge in [-0.3, -0.25) is 19.3 Å². The Morgan fingerprint density at radius 3 is 1.89 bits per heavy atom. The van der Waals surface area contributed by atoms with Crippen molar-refractivity contribution in [2.75, 3.05) is 19.8 Å². The van der Waals surface area contributed by atoms with E-state index in [0.29, 0.717) is 13.0 Å². The van der Waals surface area contributed by atoms with Crippen LogP contribution in [0.4, 0.5) is 0 Å². The lowest BCUT2D eigenvalue weighted by Gasteiger charge is -2.43. The number of hydrogen-bond donors (Lipinski definition) is 0. The van der Waals surface area contributed by atoms with Crippen molar-refractivity contribution in [2.24, 2.45) is 5.92 Å². The Kier molecular flexibility index (Phi) is 12.2. The van der Waals surface area contributed by atoms with Gasteiger partial charge < -0.3 is 23.4 Å². The smallest absolute Gasteiger partial charge is 0.326 e. The van der Waals surface area contributed by atoms with Crippen LogP contribution in [0.3, 0.4) is 0 Å². The molecule has 10 heteroatoms. The molecule has 0 bridgehead atoms. The highest BCUT2D eigenvalue weighted by Gasteiger charge is 2.50. The first-order valence-corrected chi connectivity index (χ1v) is 15.8. The quantitative estimate of drug-likeness (QED) is 0.146. The molecule has 1 aliphatic rings. The number of rotatable bonds is 12. The lowest BCUT2D eigenvalue weighted by atomic mass is 10.1. The highest BCUT2D eigenvalue weighted by Crippen LogP contribution is 2.42. The van der Waals surface area contributed by atoms with Crippen LogP contribution < -0.4 is 0 Å². The maximum atomic E-state index is 13.6. The second-order valence-electron chi connectivity index (χ2n) is 13.1. The molecule has 1 heterocycles. The van der Waals surface area contributed by atoms with Gasteiger partial charge in [0.25, 0.3) is 0 Å². The van der Waals surface area contributed by atoms with E-state index in [-0.39, 0.29) is 35.8 Å². The van der Waals surface area contributed by atoms with Gasteiger partial charge >= 0.3 is 17.9 Å². The van der Waals surface area contributed by atoms with Crippen molar-refractivity contribution in [3.63, 3.8) is 0 Å². The minimum absolute atomic E-state index is 0.0186. The Labute approximate surface area is 230 Å². The third kappa shape index (κ3) is 9.45. The molecule has 0 N–H and O–H groups in total. The third-order valence-corrected chi connectivity index (χ3v) is 12.8. The Bertz CT molecular complexity index is 822. The maximum absolute atomic E-state index is 13.6. The van der Waals surface area contributed by atoms with Crippen molar-refractivity contribution < 1.29 is 37.8 Å². The van der Waals surface area contributed by atoms with Gasteiger partial charge in [0.1, 0.15) is 29.6 Å². The van der Waals surface area contributed by atoms with Gasteiger partial charge in [-0.05, 0) is 59.0 Å². The number of ether oxygens (including phenoxy) is 3. The SMILES string of the molecule is CC(=O)OC[C@@H]1CC(C(=O)OC(C)(C)C)N([C@H](CO[Si](C(C)C)(C(C)C)[C@H](C)C=O)C(=O)OC(C)(C)C)C1. The van der Waals surface area contributed by atoms with Gasteiger partial charge in [-0.15, -0.1) is 0 Å². The number of esters is 3. The minimum Gasteiger partial charge on any atom is -0.466 e. The van der Waals surface area contributed by atoms with Crippen LogP contribution in [0.25, 0.3) is 0 Å². The molecule has 0 amide bonds. The molecule has 0 radical (unpaired) electrons. The van der Waals surface area contributed by atoms with Crippen LogP contribution in [-0.2, 0) is 37.8 Å². The molecule has 1 rings (SSSR count). The third-order valence-electron chi connectivity index (χ3n) is 6.92. The summed E-state index contributed by atoms with van der Waals surface area (Å²) in [7, 11) is -2.69. The summed E-state index contributed by atoms with van der Waals surface area (Å²) in [5, 5.41) is 0. The van der Waals surface area contributed by atoms with E-state index in [2.05, 4.69) is 27.7 Å². The molecule has 1 fully saturated rings. The Morgan fingerprint density at radius 1 is 0.947 bits per heavy atom. The summed E-state index contributed by atoms with van der Waals surface area (Å²) in [6.45, 7) is 22.6. The minimum atomic E-state index is -2.69. The highest BCUT2D eigenvalue weighted by molar-refractivity contribution is 6.80. The normalized spacial score (nSPS) is 20.8. The molecule has 4 atom stereocenters. The molecule has 220 valence electrons. The number of nitrogens with zero attached hydrogens (tertiary/aromatic N) is 1. The molecule has 0 spiro atoms. The van der Waals surface area contributed by atoms with Crippen molar-refractivity contribution in [1.82, 2.24) is 4.90 Å². The molecule has 1 saturated heterocycles. The fourth-order valence-corrected chi connectivity index (χ4v) is 10.5. The average molecular weight is 558 g/mol. The molecule has 0 saturated carbocycles. The lowest BCUT2D eigenvalue weighted by molar-refractivity contribution is -0.168. The second kappa shape index (κ2) is 13.5. The van der Waals surface area contributed by atoms with Crippen molar-refractivity contribution in [2.45, 2.75) is 129 Å². The summed E-state index contributed by atoms with van der Waals surface area (Å²) in [6.07, 6.45) is 1.31. The summed E-state index contributed by atoms with van der Waals surface area (Å²) in [4.78, 5) is 52.2. The van der Waals surface area contributed by atoms with Crippen LogP contribution in [0.5, 0.6) is 0 Å². The number of carbonyl (C=O) groups is 4. The molecule has 0 aromatic carbocycles. The monoisotopic (exact) mass is 557 g/mol. The van der Waals surface area contributed by atoms with Crippen LogP contribution in [0.15, 0.2) is 0 Å². The Hall–Kier alpha value is -1.78. The first-order chi connectivity index (χ1) is 17.2. The van der Waals surface area contributed by atoms with E-state index in [9.17, 15) is 19.2 Å². The van der Waals surface area contributed by atoms with E-state index in [1.165, 1.54) is 6.92 Å². The summed E-state index contributed by atoms with van der Waals surface area (Å²) in [5.41, 5.74) is -1.55. The van der Waals surface area contributed by atoms with E-state index in [1.54, 1.807) is 46.4 Å². The van der Waals surface area contributed by atoms with Crippen LogP contribution in [0, 0.1) is 5.92 Å². The van der Waals surface area contributed by atoms with Gasteiger partial charge in [-0.2, -0.15) is 0 Å². The predicted molar refractivity (Wildman–Crippen MR) is 148 cm³/mol. The molecule has 38 heavy (non-hydrogen) atoms. The summed E-state index contributed by atoms with van der Waals surface area (Å²) < 4.78 is 23.5. The topological polar surface area (TPSA) is 108 Å². The zero-order valence-electron chi connectivity index (χ0n) is 25.6. The van der Waals surface area contributed by atoms with Crippen LogP contribution in [0.2, 0.25) is 16.6 Å². The maximum Gasteiger partial charge on any atom is 0.326 e. The molecule has 0 aromatic rings. The first-order valence-electron chi connectivity index (χ1n) is 13.7. The fraction of sp³-hybridized carbons (Fsp3) is 0.857. The van der Waals surface area contributed by atoms with Gasteiger partial charge in [-0.25, -0.2) is 0 Å². The van der Waals surface area contributed by atoms with E-state index in [4.69, 9.17) is 18.6 Å². The van der Waals surface area contributed by atoms with Crippen molar-refractivity contribution >= 4 is 32.5 Å². The van der Waals surface area contributed by atoms with Gasteiger partial charge in [0.05, 0.1) is 13.2 Å². The van der Waals surface area contributed by atoms with E-state index >= 15 is 0 Å². The average Bonchev–Trinajstić information content (AvgIpc) is 3.16. The predicted octanol–water partition coefficient (Wildman–Crippen LogP) is 4.66. The second-order valence-corrected chi connectivity index (χ2v) is 18.3. The molecule has 9 nitrogen and oxygen atoms in total. The van der Waals surface area contributed by atoms with Gasteiger partial charge in [0.15, 0.2) is 0 Å². The van der Waals surface area contributed by atoms with Crippen LogP contribution >= 0.6 is 0 Å². The number of hydrogen-bond acceptors (Lipinski definition) is 9. The number of aldehydes is 1. The van der Waals surface area contributed by atoms with E-state index in [0.717, 1.165) is 6.29 Å². The van der Waals surface area contributed by atoms with E-state index in [1.807, 2.05) is 6.92 Å². The molecule has 1 unspecified atom stereocenters. The zero-order chi connectivity index (χ0) is 29.6. The Balaban J connectivity index is 3.49. The van der Waals surface area contributed by atoms with E-state index < -0.39 is 49.5 Å². The summed E-state index contributed by atoms with van der Waals surface area (Å²) in [6, 6.07) is -1.65. The van der Waals surface area contributed by atoms with Gasteiger partial charge in [-0.1, -0.05) is 34.6 Å². The summed E-state index contributed by atoms with van der Waals surface area (Å²) in [5.74, 6) is -1.54. The number of likely N-dealkylation sites (tertiary alicyclic amines) is 1. The molecule has 1 aliphatic heterocycles. The van der Waals surface area contributed by atoms with Crippen LogP contribution in [-0.4, -0.2) is 80.5 Å². The largest absolute Gasteiger partial charge is 0.466 e. The highest BCUT2D eigenvalue weighted by atomic mass is 28.4. The molecular weight excluding hydrogens is 506 g/mol. The molecule has 0 aromatic heterocycles.